The average molecular weight is 1010 g/mol. The molecule has 4 heterocycles. The molecule has 0 spiro atoms. The molecule has 1 aromatic carbocycles. The number of fused-ring (bicyclic) bond motifs is 3. The molecule has 3 fully saturated rings. The second-order valence-electron chi connectivity index (χ2n) is 18.0. The Hall–Kier alpha value is -5.66. The largest absolute Gasteiger partial charge is 0.497 e. The number of aromatic nitrogens is 2. The zero-order valence-corrected chi connectivity index (χ0v) is 43.6. The highest BCUT2D eigenvalue weighted by atomic mass is 32.2. The van der Waals surface area contributed by atoms with Crippen LogP contribution in [0.3, 0.4) is 0 Å². The summed E-state index contributed by atoms with van der Waals surface area (Å²) in [4.78, 5) is 66.3. The highest BCUT2D eigenvalue weighted by Gasteiger charge is 2.51. The van der Waals surface area contributed by atoms with Gasteiger partial charge < -0.3 is 35.1 Å². The van der Waals surface area contributed by atoms with Crippen LogP contribution in [0.2, 0.25) is 0 Å². The van der Waals surface area contributed by atoms with Crippen molar-refractivity contribution in [2.75, 3.05) is 20.8 Å². The second kappa shape index (κ2) is 27.1. The maximum absolute atomic E-state index is 12.6. The monoisotopic (exact) mass is 1010 g/mol. The van der Waals surface area contributed by atoms with Crippen molar-refractivity contribution in [2.45, 2.75) is 156 Å². The molecular formula is C50H75F3N6O10S. The molecule has 70 heavy (non-hydrogen) atoms. The number of nitrogens with one attached hydrogen (secondary N) is 3. The molecule has 0 radical (unpaired) electrons. The Morgan fingerprint density at radius 3 is 2.13 bits per heavy atom. The molecule has 5 N–H and O–H groups in total. The highest BCUT2D eigenvalue weighted by molar-refractivity contribution is 7.91. The summed E-state index contributed by atoms with van der Waals surface area (Å²) >= 11 is 0. The van der Waals surface area contributed by atoms with Crippen molar-refractivity contribution in [1.82, 2.24) is 24.9 Å². The number of methoxy groups -OCH3 is 2. The zero-order valence-electron chi connectivity index (χ0n) is 42.8. The van der Waals surface area contributed by atoms with Crippen LogP contribution in [0.4, 0.5) is 18.0 Å². The predicted octanol–water partition coefficient (Wildman–Crippen LogP) is 8.97. The number of aromatic amines is 1. The van der Waals surface area contributed by atoms with E-state index < -0.39 is 38.5 Å². The van der Waals surface area contributed by atoms with E-state index in [0.29, 0.717) is 54.0 Å². The Bertz CT molecular complexity index is 2390. The smallest absolute Gasteiger partial charge is 0.427 e. The van der Waals surface area contributed by atoms with E-state index >= 15 is 0 Å². The number of primary amides is 1. The molecule has 2 saturated carbocycles. The molecule has 7 rings (SSSR count). The third-order valence-corrected chi connectivity index (χ3v) is 14.1. The van der Waals surface area contributed by atoms with E-state index in [1.165, 1.54) is 13.3 Å². The van der Waals surface area contributed by atoms with Gasteiger partial charge in [0.25, 0.3) is 5.56 Å². The van der Waals surface area contributed by atoms with Gasteiger partial charge in [-0.15, -0.1) is 0 Å². The number of halogens is 3. The first-order chi connectivity index (χ1) is 32.8. The number of carbonyl (C=O) groups is 4. The number of pyridine rings is 2. The zero-order chi connectivity index (χ0) is 53.2. The molecular weight excluding hydrogens is 934 g/mol. The number of benzene rings is 1. The number of allylic oxidation sites excluding steroid dienone is 1. The number of nitrogens with zero attached hydrogens (tertiary/aromatic N) is 2. The summed E-state index contributed by atoms with van der Waals surface area (Å²) < 4.78 is 73.4. The number of nitrogens with two attached hydrogens (primary N) is 1. The maximum atomic E-state index is 12.6. The first-order valence-corrected chi connectivity index (χ1v) is 25.3. The molecule has 16 nitrogen and oxygen atoms in total. The number of amides is 4. The number of ether oxygens (including phenoxy) is 3. The summed E-state index contributed by atoms with van der Waals surface area (Å²) in [6.45, 7) is 17.5. The Kier molecular flexibility index (Phi) is 23.4. The second-order valence-corrected chi connectivity index (χ2v) is 20.2. The van der Waals surface area contributed by atoms with Crippen LogP contribution < -0.4 is 30.8 Å². The van der Waals surface area contributed by atoms with Crippen LogP contribution in [0, 0.1) is 17.8 Å². The van der Waals surface area contributed by atoms with Gasteiger partial charge in [-0.05, 0) is 114 Å². The van der Waals surface area contributed by atoms with Gasteiger partial charge in [0, 0.05) is 66.3 Å². The van der Waals surface area contributed by atoms with Crippen LogP contribution in [0.25, 0.3) is 21.9 Å². The normalized spacial score (nSPS) is 21.9. The first-order valence-electron chi connectivity index (χ1n) is 23.9. The van der Waals surface area contributed by atoms with Gasteiger partial charge in [0.15, 0.2) is 0 Å². The topological polar surface area (TPSA) is 229 Å². The lowest BCUT2D eigenvalue weighted by Gasteiger charge is -2.26. The molecule has 2 aromatic heterocycles. The number of rotatable bonds is 6. The predicted molar refractivity (Wildman–Crippen MR) is 265 cm³/mol. The van der Waals surface area contributed by atoms with Crippen LogP contribution in [0.5, 0.6) is 11.6 Å². The average Bonchev–Trinajstić information content (AvgIpc) is 4.18. The minimum Gasteiger partial charge on any atom is -0.497 e. The van der Waals surface area contributed by atoms with Crippen LogP contribution >= 0.6 is 0 Å². The van der Waals surface area contributed by atoms with Crippen LogP contribution in [0.15, 0.2) is 59.7 Å². The standard InChI is InChI=1S/C19H30N2O2.C16H14N2O3.C6H11NO3S.C5H8F3NO2.2C2H6/c1-13-6-3-4-7-15-12-16(15)20-19(23)17-8-5-9-21(17)18(22)11-14(2)10-13;1-20-11-4-5-12-13(7-11)14(9-18-16(12)19)10-3-6-15(21-2)17-8-10;1-5(8)7-11(9,10)6(2)3-4-6;1-4(2,5(6,7)8)11-3(9)10;2*1-2/h4,7,13-17H,3,5-6,8-12H2,1-2H3,(H,20,23);3-9H,1-2H3,(H,18,19);3-4H2,1-2H3,(H,7,8);1-2H3,(H2,9,10);2*1-2H3/b7-4-;;;;;/t13-,14?,15-,16?,17?;;;;;/m1...../s1. The number of hydrogen-bond donors (Lipinski definition) is 4. The molecule has 2 aliphatic heterocycles. The van der Waals surface area contributed by atoms with E-state index in [9.17, 15) is 45.6 Å². The van der Waals surface area contributed by atoms with Gasteiger partial charge >= 0.3 is 12.3 Å². The molecule has 5 atom stereocenters. The summed E-state index contributed by atoms with van der Waals surface area (Å²) in [7, 11) is -0.214. The minimum absolute atomic E-state index is 0.0626. The van der Waals surface area contributed by atoms with Crippen molar-refractivity contribution >= 4 is 44.6 Å². The number of alkyl halides is 3. The van der Waals surface area contributed by atoms with Crippen LogP contribution in [0.1, 0.15) is 127 Å². The highest BCUT2D eigenvalue weighted by Crippen LogP contribution is 2.42. The fraction of sp³-hybridized carbons (Fsp3) is 0.600. The van der Waals surface area contributed by atoms with Gasteiger partial charge in [-0.2, -0.15) is 13.2 Å². The Morgan fingerprint density at radius 2 is 1.60 bits per heavy atom. The van der Waals surface area contributed by atoms with Gasteiger partial charge in [0.1, 0.15) is 11.8 Å². The van der Waals surface area contributed by atoms with Crippen LogP contribution in [-0.2, 0) is 29.1 Å². The van der Waals surface area contributed by atoms with Crippen molar-refractivity contribution in [2.24, 2.45) is 23.5 Å². The van der Waals surface area contributed by atoms with Crippen molar-refractivity contribution in [3.8, 4) is 22.8 Å². The van der Waals surface area contributed by atoms with Gasteiger partial charge in [0.05, 0.1) is 19.0 Å². The molecule has 4 aliphatic rings. The van der Waals surface area contributed by atoms with Gasteiger partial charge in [-0.25, -0.2) is 18.2 Å². The summed E-state index contributed by atoms with van der Waals surface area (Å²) in [5.74, 6) is 2.51. The lowest BCUT2D eigenvalue weighted by Crippen LogP contribution is -2.47. The Balaban J connectivity index is 0.000000328. The third kappa shape index (κ3) is 17.9. The van der Waals surface area contributed by atoms with Crippen molar-refractivity contribution in [1.29, 1.82) is 0 Å². The summed E-state index contributed by atoms with van der Waals surface area (Å²) in [5.41, 5.74) is 3.55. The van der Waals surface area contributed by atoms with Gasteiger partial charge in [-0.3, -0.25) is 23.9 Å². The van der Waals surface area contributed by atoms with Gasteiger partial charge in [0.2, 0.25) is 39.2 Å². The third-order valence-electron chi connectivity index (χ3n) is 11.9. The molecule has 392 valence electrons. The summed E-state index contributed by atoms with van der Waals surface area (Å²) in [6.07, 6.45) is 10.0. The SMILES string of the molecule is CC.CC.CC(=O)NS(=O)(=O)C1(C)CC1.CC(C)(OC(N)=O)C(F)(F)F.CC1CC(=O)N2CCCC2C(=O)NC2C[C@H]2/C=C\CC[C@@H](C)C1.COc1ccc2c(=O)[nH]cc(-c3ccc(OC)nc3)c2c1. The molecule has 1 saturated heterocycles. The quantitative estimate of drug-likeness (QED) is 0.170. The van der Waals surface area contributed by atoms with E-state index in [1.54, 1.807) is 51.7 Å². The Labute approximate surface area is 411 Å². The van der Waals surface area contributed by atoms with Crippen molar-refractivity contribution in [3.63, 3.8) is 0 Å². The van der Waals surface area contributed by atoms with Crippen LogP contribution in [-0.4, -0.2) is 96.5 Å². The fourth-order valence-electron chi connectivity index (χ4n) is 7.50. The van der Waals surface area contributed by atoms with E-state index in [0.717, 1.165) is 69.0 Å². The first kappa shape index (κ1) is 60.5. The Morgan fingerprint density at radius 1 is 0.943 bits per heavy atom. The number of hydrogen-bond acceptors (Lipinski definition) is 11. The molecule has 3 unspecified atom stereocenters. The molecule has 20 heteroatoms. The van der Waals surface area contributed by atoms with Crippen molar-refractivity contribution < 1.29 is 55.0 Å². The van der Waals surface area contributed by atoms with Gasteiger partial charge in [-0.1, -0.05) is 53.7 Å². The molecule has 3 aromatic rings. The lowest BCUT2D eigenvalue weighted by atomic mass is 9.91. The fourth-order valence-corrected chi connectivity index (χ4v) is 8.76. The minimum atomic E-state index is -4.60. The molecule has 0 bridgehead atoms. The molecule has 4 amide bonds. The molecule has 2 aliphatic carbocycles. The van der Waals surface area contributed by atoms with Crippen molar-refractivity contribution in [3.05, 3.63) is 65.2 Å². The number of carbonyl (C=O) groups excluding carboxylic acids is 4. The number of sulfonamides is 1. The summed E-state index contributed by atoms with van der Waals surface area (Å²) in [5, 5.41) is 4.59. The maximum Gasteiger partial charge on any atom is 0.427 e. The van der Waals surface area contributed by atoms with E-state index in [-0.39, 0.29) is 29.5 Å². The number of H-pyrrole nitrogens is 1. The lowest BCUT2D eigenvalue weighted by molar-refractivity contribution is -0.243. The summed E-state index contributed by atoms with van der Waals surface area (Å²) in [6, 6.07) is 9.12. The van der Waals surface area contributed by atoms with E-state index in [4.69, 9.17) is 9.47 Å². The van der Waals surface area contributed by atoms with E-state index in [1.807, 2.05) is 49.4 Å². The van der Waals surface area contributed by atoms with E-state index in [2.05, 4.69) is 51.8 Å².